The summed E-state index contributed by atoms with van der Waals surface area (Å²) < 4.78 is 12.2. The Kier molecular flexibility index (Phi) is 5.91. The number of aliphatic hydroxyl groups excluding tert-OH is 2. The van der Waals surface area contributed by atoms with Crippen LogP contribution in [0.1, 0.15) is 99.8 Å². The fourth-order valence-corrected chi connectivity index (χ4v) is 10.2. The first-order valence-electron chi connectivity index (χ1n) is 14.0. The molecule has 35 heavy (non-hydrogen) atoms. The average Bonchev–Trinajstić information content (AvgIpc) is 3.21. The van der Waals surface area contributed by atoms with Crippen molar-refractivity contribution in [2.24, 2.45) is 39.4 Å². The molecule has 5 heteroatoms. The first-order chi connectivity index (χ1) is 16.2. The Bertz CT molecular complexity index is 906. The van der Waals surface area contributed by atoms with E-state index in [9.17, 15) is 15.0 Å². The summed E-state index contributed by atoms with van der Waals surface area (Å²) in [5.74, 6) is 1.20. The zero-order valence-corrected chi connectivity index (χ0v) is 23.0. The van der Waals surface area contributed by atoms with Crippen LogP contribution in [0.4, 0.5) is 0 Å². The van der Waals surface area contributed by atoms with Gasteiger partial charge in [-0.25, -0.2) is 0 Å². The molecule has 5 nitrogen and oxygen atoms in total. The fourth-order valence-electron chi connectivity index (χ4n) is 10.2. The molecule has 0 radical (unpaired) electrons. The van der Waals surface area contributed by atoms with Gasteiger partial charge in [0.25, 0.3) is 0 Å². The molecule has 0 aromatic heterocycles. The van der Waals surface area contributed by atoms with Crippen LogP contribution in [0.3, 0.4) is 0 Å². The monoisotopic (exact) mass is 488 g/mol. The molecule has 2 aliphatic heterocycles. The van der Waals surface area contributed by atoms with Crippen LogP contribution < -0.4 is 0 Å². The number of epoxide rings is 1. The summed E-state index contributed by atoms with van der Waals surface area (Å²) in [5, 5.41) is 21.5. The van der Waals surface area contributed by atoms with Crippen molar-refractivity contribution >= 4 is 5.97 Å². The summed E-state index contributed by atoms with van der Waals surface area (Å²) in [7, 11) is 0. The van der Waals surface area contributed by atoms with E-state index in [1.54, 1.807) is 0 Å². The van der Waals surface area contributed by atoms with Gasteiger partial charge in [-0.3, -0.25) is 4.79 Å². The van der Waals surface area contributed by atoms with E-state index in [2.05, 4.69) is 34.6 Å². The largest absolute Gasteiger partial charge is 0.465 e. The Balaban J connectivity index is 1.47. The summed E-state index contributed by atoms with van der Waals surface area (Å²) in [6, 6.07) is 0. The van der Waals surface area contributed by atoms with Gasteiger partial charge >= 0.3 is 5.97 Å². The molecule has 2 unspecified atom stereocenters. The maximum atomic E-state index is 12.7. The SMILES string of the molecule is CC(C)=C[C@H](O)C[C@]1(C)O[C@H]1[C@H]1CCC2[C@@]3(C)CC[C@H](O)C(C)(C)C3CC[C@@]2(C)[C@@]12COC(=O)C2. The molecule has 0 bridgehead atoms. The van der Waals surface area contributed by atoms with Crippen molar-refractivity contribution in [1.29, 1.82) is 0 Å². The molecule has 3 saturated carbocycles. The number of rotatable bonds is 4. The number of allylic oxidation sites excluding steroid dienone is 1. The molecule has 0 aromatic carbocycles. The molecule has 0 amide bonds. The Morgan fingerprint density at radius 1 is 1.06 bits per heavy atom. The first kappa shape index (κ1) is 25.7. The predicted octanol–water partition coefficient (Wildman–Crippen LogP) is 5.42. The first-order valence-corrected chi connectivity index (χ1v) is 14.0. The van der Waals surface area contributed by atoms with Crippen LogP contribution in [0.15, 0.2) is 11.6 Å². The maximum Gasteiger partial charge on any atom is 0.306 e. The number of ether oxygens (including phenoxy) is 2. The molecule has 5 fully saturated rings. The van der Waals surface area contributed by atoms with Crippen molar-refractivity contribution in [3.05, 3.63) is 11.6 Å². The van der Waals surface area contributed by atoms with Crippen molar-refractivity contribution in [2.45, 2.75) is 124 Å². The van der Waals surface area contributed by atoms with E-state index in [1.165, 1.54) is 0 Å². The second kappa shape index (κ2) is 8.04. The molecule has 5 rings (SSSR count). The summed E-state index contributed by atoms with van der Waals surface area (Å²) in [4.78, 5) is 12.7. The van der Waals surface area contributed by atoms with Gasteiger partial charge in [0.15, 0.2) is 0 Å². The summed E-state index contributed by atoms with van der Waals surface area (Å²) >= 11 is 0. The number of carbonyl (C=O) groups excluding carboxylic acids is 1. The Morgan fingerprint density at radius 2 is 1.77 bits per heavy atom. The van der Waals surface area contributed by atoms with E-state index in [4.69, 9.17) is 9.47 Å². The molecule has 2 saturated heterocycles. The zero-order chi connectivity index (χ0) is 25.6. The predicted molar refractivity (Wildman–Crippen MR) is 136 cm³/mol. The topological polar surface area (TPSA) is 79.3 Å². The lowest BCUT2D eigenvalue weighted by Gasteiger charge is -2.69. The Hall–Kier alpha value is -0.910. The second-order valence-electron chi connectivity index (χ2n) is 14.5. The fraction of sp³-hybridized carbons (Fsp3) is 0.900. The molecular weight excluding hydrogens is 440 g/mol. The van der Waals surface area contributed by atoms with Crippen molar-refractivity contribution in [1.82, 2.24) is 0 Å². The quantitative estimate of drug-likeness (QED) is 0.314. The third-order valence-electron chi connectivity index (χ3n) is 12.0. The van der Waals surface area contributed by atoms with Gasteiger partial charge in [-0.2, -0.15) is 0 Å². The molecule has 0 aromatic rings. The van der Waals surface area contributed by atoms with Gasteiger partial charge in [0, 0.05) is 11.8 Å². The lowest BCUT2D eigenvalue weighted by Crippen LogP contribution is -2.65. The van der Waals surface area contributed by atoms with E-state index in [0.29, 0.717) is 31.3 Å². The third kappa shape index (κ3) is 3.61. The molecule has 1 spiro atoms. The minimum absolute atomic E-state index is 0.00289. The van der Waals surface area contributed by atoms with Gasteiger partial charge in [0.05, 0.1) is 36.9 Å². The molecule has 5 aliphatic rings. The van der Waals surface area contributed by atoms with Gasteiger partial charge in [0.1, 0.15) is 0 Å². The zero-order valence-electron chi connectivity index (χ0n) is 23.0. The Labute approximate surface area is 212 Å². The lowest BCUT2D eigenvalue weighted by molar-refractivity contribution is -0.229. The second-order valence-corrected chi connectivity index (χ2v) is 14.5. The van der Waals surface area contributed by atoms with Crippen LogP contribution in [0, 0.1) is 39.4 Å². The summed E-state index contributed by atoms with van der Waals surface area (Å²) in [6.45, 7) is 16.2. The summed E-state index contributed by atoms with van der Waals surface area (Å²) in [5.41, 5.74) is 0.618. The smallest absolute Gasteiger partial charge is 0.306 e. The number of aliphatic hydroxyl groups is 2. The molecule has 2 heterocycles. The highest BCUT2D eigenvalue weighted by Crippen LogP contribution is 2.75. The highest BCUT2D eigenvalue weighted by Gasteiger charge is 2.73. The van der Waals surface area contributed by atoms with E-state index in [-0.39, 0.29) is 51.4 Å². The van der Waals surface area contributed by atoms with Crippen LogP contribution in [0.25, 0.3) is 0 Å². The van der Waals surface area contributed by atoms with Gasteiger partial charge in [0.2, 0.25) is 0 Å². The highest BCUT2D eigenvalue weighted by molar-refractivity contribution is 5.73. The van der Waals surface area contributed by atoms with Crippen molar-refractivity contribution in [2.75, 3.05) is 6.61 Å². The van der Waals surface area contributed by atoms with Gasteiger partial charge in [-0.15, -0.1) is 0 Å². The van der Waals surface area contributed by atoms with Gasteiger partial charge < -0.3 is 19.7 Å². The van der Waals surface area contributed by atoms with Gasteiger partial charge in [-0.05, 0) is 93.3 Å². The maximum absolute atomic E-state index is 12.7. The Morgan fingerprint density at radius 3 is 2.40 bits per heavy atom. The molecule has 2 N–H and O–H groups in total. The van der Waals surface area contributed by atoms with Crippen molar-refractivity contribution in [3.63, 3.8) is 0 Å². The van der Waals surface area contributed by atoms with E-state index < -0.39 is 6.10 Å². The highest BCUT2D eigenvalue weighted by atomic mass is 16.6. The minimum Gasteiger partial charge on any atom is -0.465 e. The lowest BCUT2D eigenvalue weighted by atomic mass is 9.34. The normalized spacial score (nSPS) is 51.2. The number of carbonyl (C=O) groups is 1. The average molecular weight is 489 g/mol. The number of hydrogen-bond acceptors (Lipinski definition) is 5. The van der Waals surface area contributed by atoms with E-state index >= 15 is 0 Å². The number of esters is 1. The van der Waals surface area contributed by atoms with E-state index in [0.717, 1.165) is 44.1 Å². The molecule has 10 atom stereocenters. The van der Waals surface area contributed by atoms with Gasteiger partial charge in [-0.1, -0.05) is 39.3 Å². The number of cyclic esters (lactones) is 1. The van der Waals surface area contributed by atoms with Crippen molar-refractivity contribution in [3.8, 4) is 0 Å². The summed E-state index contributed by atoms with van der Waals surface area (Å²) in [6.07, 6.45) is 8.60. The van der Waals surface area contributed by atoms with Crippen LogP contribution in [0.5, 0.6) is 0 Å². The molecular formula is C30H48O5. The minimum atomic E-state index is -0.510. The molecule has 3 aliphatic carbocycles. The standard InChI is InChI=1S/C30H48O5/c1-18(2)14-19(31)15-29(7)25(35-29)20-8-9-22-27(5)12-11-23(32)26(3,4)21(27)10-13-28(22,6)30(20)16-24(33)34-17-30/h14,19-23,25,31-32H,8-13,15-17H2,1-7H3/t19-,20+,21?,22?,23-,25-,27-,28+,29-,30-/m0/s1. The van der Waals surface area contributed by atoms with Crippen LogP contribution in [-0.2, 0) is 14.3 Å². The van der Waals surface area contributed by atoms with Crippen LogP contribution in [-0.4, -0.2) is 46.7 Å². The molecule has 198 valence electrons. The van der Waals surface area contributed by atoms with E-state index in [1.807, 2.05) is 19.9 Å². The third-order valence-corrected chi connectivity index (χ3v) is 12.0. The van der Waals surface area contributed by atoms with Crippen LogP contribution in [0.2, 0.25) is 0 Å². The number of fused-ring (bicyclic) bond motifs is 4. The number of hydrogen-bond donors (Lipinski definition) is 2. The van der Waals surface area contributed by atoms with Crippen LogP contribution >= 0.6 is 0 Å². The van der Waals surface area contributed by atoms with Crippen molar-refractivity contribution < 1.29 is 24.5 Å².